The Hall–Kier alpha value is -1.49. The lowest BCUT2D eigenvalue weighted by Crippen LogP contribution is -2.25. The molecule has 0 aliphatic carbocycles. The molecule has 0 atom stereocenters. The van der Waals surface area contributed by atoms with Crippen molar-refractivity contribution in [3.8, 4) is 0 Å². The maximum atomic E-state index is 12.6. The molecule has 0 saturated carbocycles. The first-order valence-electron chi connectivity index (χ1n) is 3.95. The van der Waals surface area contributed by atoms with E-state index in [2.05, 4.69) is 5.32 Å². The van der Waals surface area contributed by atoms with Crippen LogP contribution in [0.15, 0.2) is 18.2 Å². The predicted octanol–water partition coefficient (Wildman–Crippen LogP) is 0.573. The first-order valence-corrected chi connectivity index (χ1v) is 3.95. The number of carbonyl (C=O) groups excluding carboxylic acids is 1. The summed E-state index contributed by atoms with van der Waals surface area (Å²) in [6.45, 7) is -0.555. The molecule has 0 aliphatic rings. The highest BCUT2D eigenvalue weighted by Crippen LogP contribution is 2.08. The van der Waals surface area contributed by atoms with Crippen LogP contribution in [-0.4, -0.2) is 17.6 Å². The van der Waals surface area contributed by atoms with Crippen LogP contribution in [0.1, 0.15) is 5.56 Å². The topological polar surface area (TPSA) is 49.3 Å². The van der Waals surface area contributed by atoms with Crippen LogP contribution in [0.3, 0.4) is 0 Å². The molecule has 0 bridgehead atoms. The van der Waals surface area contributed by atoms with Gasteiger partial charge in [0.25, 0.3) is 0 Å². The molecule has 14 heavy (non-hydrogen) atoms. The minimum absolute atomic E-state index is 0.0661. The minimum Gasteiger partial charge on any atom is -0.387 e. The molecule has 0 aromatic heterocycles. The molecule has 1 amide bonds. The highest BCUT2D eigenvalue weighted by Gasteiger charge is 2.03. The molecule has 0 heterocycles. The lowest BCUT2D eigenvalue weighted by Gasteiger charge is -2.03. The van der Waals surface area contributed by atoms with Gasteiger partial charge in [-0.1, -0.05) is 6.07 Å². The van der Waals surface area contributed by atoms with Crippen LogP contribution >= 0.6 is 0 Å². The fourth-order valence-electron chi connectivity index (χ4n) is 0.906. The van der Waals surface area contributed by atoms with Crippen LogP contribution in [0.25, 0.3) is 0 Å². The summed E-state index contributed by atoms with van der Waals surface area (Å²) >= 11 is 0. The van der Waals surface area contributed by atoms with E-state index in [0.717, 1.165) is 12.1 Å². The lowest BCUT2D eigenvalue weighted by atomic mass is 10.2. The molecule has 0 spiro atoms. The van der Waals surface area contributed by atoms with Crippen molar-refractivity contribution in [3.05, 3.63) is 35.4 Å². The van der Waals surface area contributed by atoms with Gasteiger partial charge in [0, 0.05) is 6.54 Å². The van der Waals surface area contributed by atoms with Gasteiger partial charge in [0.1, 0.15) is 6.61 Å². The summed E-state index contributed by atoms with van der Waals surface area (Å²) in [7, 11) is 0. The quantitative estimate of drug-likeness (QED) is 0.751. The van der Waals surface area contributed by atoms with E-state index in [-0.39, 0.29) is 6.54 Å². The molecular weight excluding hydrogens is 192 g/mol. The fourth-order valence-corrected chi connectivity index (χ4v) is 0.906. The van der Waals surface area contributed by atoms with Crippen LogP contribution in [0.4, 0.5) is 8.78 Å². The number of carbonyl (C=O) groups is 1. The summed E-state index contributed by atoms with van der Waals surface area (Å²) in [6.07, 6.45) is 0. The molecule has 1 aromatic carbocycles. The Bertz CT molecular complexity index is 342. The summed E-state index contributed by atoms with van der Waals surface area (Å²) in [5.74, 6) is -2.45. The van der Waals surface area contributed by atoms with E-state index in [1.165, 1.54) is 6.07 Å². The zero-order valence-electron chi connectivity index (χ0n) is 7.26. The van der Waals surface area contributed by atoms with Gasteiger partial charge in [0.2, 0.25) is 5.91 Å². The predicted molar refractivity (Wildman–Crippen MR) is 45.3 cm³/mol. The van der Waals surface area contributed by atoms with E-state index in [0.29, 0.717) is 5.56 Å². The number of hydrogen-bond acceptors (Lipinski definition) is 2. The van der Waals surface area contributed by atoms with E-state index in [4.69, 9.17) is 5.11 Å². The third-order valence-electron chi connectivity index (χ3n) is 1.62. The van der Waals surface area contributed by atoms with Crippen molar-refractivity contribution in [1.29, 1.82) is 0 Å². The number of amides is 1. The second-order valence-corrected chi connectivity index (χ2v) is 2.68. The Labute approximate surface area is 79.4 Å². The normalized spacial score (nSPS) is 9.93. The molecule has 2 N–H and O–H groups in total. The maximum Gasteiger partial charge on any atom is 0.245 e. The van der Waals surface area contributed by atoms with E-state index in [1.54, 1.807) is 0 Å². The van der Waals surface area contributed by atoms with Crippen LogP contribution in [-0.2, 0) is 11.3 Å². The zero-order chi connectivity index (χ0) is 10.6. The van der Waals surface area contributed by atoms with E-state index < -0.39 is 24.1 Å². The van der Waals surface area contributed by atoms with Gasteiger partial charge in [0.15, 0.2) is 11.6 Å². The van der Waals surface area contributed by atoms with Crippen LogP contribution < -0.4 is 5.32 Å². The Balaban J connectivity index is 2.60. The van der Waals surface area contributed by atoms with Crippen molar-refractivity contribution in [3.63, 3.8) is 0 Å². The SMILES string of the molecule is O=C(CO)NCc1ccc(F)c(F)c1. The van der Waals surface area contributed by atoms with Gasteiger partial charge in [-0.15, -0.1) is 0 Å². The summed E-state index contributed by atoms with van der Waals surface area (Å²) in [4.78, 5) is 10.6. The molecule has 0 fully saturated rings. The van der Waals surface area contributed by atoms with Crippen molar-refractivity contribution in [2.75, 3.05) is 6.61 Å². The standard InChI is InChI=1S/C9H9F2NO2/c10-7-2-1-6(3-8(7)11)4-12-9(14)5-13/h1-3,13H,4-5H2,(H,12,14). The Morgan fingerprint density at radius 1 is 1.36 bits per heavy atom. The molecule has 3 nitrogen and oxygen atoms in total. The van der Waals surface area contributed by atoms with Crippen molar-refractivity contribution >= 4 is 5.91 Å². The number of aliphatic hydroxyl groups excluding tert-OH is 1. The Kier molecular flexibility index (Phi) is 3.53. The van der Waals surface area contributed by atoms with Crippen molar-refractivity contribution in [1.82, 2.24) is 5.32 Å². The molecule has 0 aliphatic heterocycles. The van der Waals surface area contributed by atoms with Gasteiger partial charge in [-0.3, -0.25) is 4.79 Å². The second kappa shape index (κ2) is 4.66. The number of aliphatic hydroxyl groups is 1. The van der Waals surface area contributed by atoms with Gasteiger partial charge in [-0.25, -0.2) is 8.78 Å². The van der Waals surface area contributed by atoms with E-state index in [1.807, 2.05) is 0 Å². The number of rotatable bonds is 3. The van der Waals surface area contributed by atoms with Crippen molar-refractivity contribution < 1.29 is 18.7 Å². The molecular formula is C9H9F2NO2. The monoisotopic (exact) mass is 201 g/mol. The number of halogens is 2. The van der Waals surface area contributed by atoms with Crippen LogP contribution in [0.2, 0.25) is 0 Å². The van der Waals surface area contributed by atoms with Gasteiger partial charge in [-0.05, 0) is 17.7 Å². The van der Waals surface area contributed by atoms with Crippen LogP contribution in [0.5, 0.6) is 0 Å². The highest BCUT2D eigenvalue weighted by atomic mass is 19.2. The largest absolute Gasteiger partial charge is 0.387 e. The van der Waals surface area contributed by atoms with E-state index in [9.17, 15) is 13.6 Å². The van der Waals surface area contributed by atoms with Gasteiger partial charge >= 0.3 is 0 Å². The molecule has 0 radical (unpaired) electrons. The van der Waals surface area contributed by atoms with Crippen molar-refractivity contribution in [2.24, 2.45) is 0 Å². The first kappa shape index (κ1) is 10.6. The smallest absolute Gasteiger partial charge is 0.245 e. The van der Waals surface area contributed by atoms with Gasteiger partial charge in [0.05, 0.1) is 0 Å². The van der Waals surface area contributed by atoms with Gasteiger partial charge in [-0.2, -0.15) is 0 Å². The van der Waals surface area contributed by atoms with Crippen molar-refractivity contribution in [2.45, 2.75) is 6.54 Å². The number of hydrogen-bond donors (Lipinski definition) is 2. The average molecular weight is 201 g/mol. The molecule has 5 heteroatoms. The maximum absolute atomic E-state index is 12.6. The number of nitrogens with one attached hydrogen (secondary N) is 1. The highest BCUT2D eigenvalue weighted by molar-refractivity contribution is 5.76. The second-order valence-electron chi connectivity index (χ2n) is 2.68. The molecule has 0 saturated heterocycles. The summed E-state index contributed by atoms with van der Waals surface area (Å²) in [5, 5.41) is 10.7. The molecule has 76 valence electrons. The number of benzene rings is 1. The summed E-state index contributed by atoms with van der Waals surface area (Å²) in [6, 6.07) is 3.33. The first-order chi connectivity index (χ1) is 6.63. The van der Waals surface area contributed by atoms with Gasteiger partial charge < -0.3 is 10.4 Å². The fraction of sp³-hybridized carbons (Fsp3) is 0.222. The Morgan fingerprint density at radius 2 is 2.07 bits per heavy atom. The third-order valence-corrected chi connectivity index (χ3v) is 1.62. The zero-order valence-corrected chi connectivity index (χ0v) is 7.26. The summed E-state index contributed by atoms with van der Waals surface area (Å²) < 4.78 is 25.1. The lowest BCUT2D eigenvalue weighted by molar-refractivity contribution is -0.123. The third kappa shape index (κ3) is 2.77. The Morgan fingerprint density at radius 3 is 2.64 bits per heavy atom. The summed E-state index contributed by atoms with van der Waals surface area (Å²) in [5.41, 5.74) is 0.436. The van der Waals surface area contributed by atoms with E-state index >= 15 is 0 Å². The average Bonchev–Trinajstić information content (AvgIpc) is 2.19. The molecule has 1 aromatic rings. The minimum atomic E-state index is -0.958. The molecule has 1 rings (SSSR count). The molecule has 0 unspecified atom stereocenters. The van der Waals surface area contributed by atoms with Crippen LogP contribution in [0, 0.1) is 11.6 Å².